The second-order valence-electron chi connectivity index (χ2n) is 7.88. The Balaban J connectivity index is 1.70. The van der Waals surface area contributed by atoms with E-state index >= 15 is 0 Å². The number of carboxylic acid groups (broad SMARTS) is 1. The number of amides is 1. The number of benzene rings is 2. The zero-order chi connectivity index (χ0) is 24.7. The Morgan fingerprint density at radius 1 is 1.09 bits per heavy atom. The van der Waals surface area contributed by atoms with Crippen molar-refractivity contribution in [2.75, 3.05) is 7.05 Å². The lowest BCUT2D eigenvalue weighted by atomic mass is 10.1. The smallest absolute Gasteiger partial charge is 0.336 e. The summed E-state index contributed by atoms with van der Waals surface area (Å²) in [4.78, 5) is 31.0. The summed E-state index contributed by atoms with van der Waals surface area (Å²) in [7, 11) is 1.66. The van der Waals surface area contributed by atoms with Gasteiger partial charge in [-0.1, -0.05) is 29.3 Å². The van der Waals surface area contributed by atoms with Crippen LogP contribution in [0.3, 0.4) is 0 Å². The monoisotopic (exact) mass is 513 g/mol. The molecule has 0 bridgehead atoms. The molecule has 0 radical (unpaired) electrons. The first-order chi connectivity index (χ1) is 16.1. The van der Waals surface area contributed by atoms with Crippen LogP contribution in [0.15, 0.2) is 52.4 Å². The molecule has 2 aromatic carbocycles. The second-order valence-corrected chi connectivity index (χ2v) is 9.71. The minimum Gasteiger partial charge on any atom is -0.478 e. The van der Waals surface area contributed by atoms with Crippen molar-refractivity contribution in [3.05, 3.63) is 85.5 Å². The third kappa shape index (κ3) is 4.39. The average molecular weight is 514 g/mol. The van der Waals surface area contributed by atoms with Crippen molar-refractivity contribution in [2.24, 2.45) is 4.99 Å². The maximum absolute atomic E-state index is 12.9. The van der Waals surface area contributed by atoms with Crippen LogP contribution in [-0.4, -0.2) is 38.7 Å². The Bertz CT molecular complexity index is 1410. The SMILES string of the molecule is Cc1c(N=C2S/C(=C/c3cc(C)n(-c4ccc(Cl)c(Cl)c4)c3C)C(=O)N2C)cccc1C(=O)O. The molecule has 0 spiro atoms. The highest BCUT2D eigenvalue weighted by molar-refractivity contribution is 8.18. The Hall–Kier alpha value is -3.00. The molecule has 0 unspecified atom stereocenters. The lowest BCUT2D eigenvalue weighted by molar-refractivity contribution is -0.121. The molecule has 4 rings (SSSR count). The quantitative estimate of drug-likeness (QED) is 0.396. The summed E-state index contributed by atoms with van der Waals surface area (Å²) in [6.07, 6.45) is 1.85. The van der Waals surface area contributed by atoms with Gasteiger partial charge in [0, 0.05) is 24.1 Å². The average Bonchev–Trinajstić information content (AvgIpc) is 3.21. The molecule has 174 valence electrons. The summed E-state index contributed by atoms with van der Waals surface area (Å²) in [6, 6.07) is 12.4. The van der Waals surface area contributed by atoms with Gasteiger partial charge in [-0.2, -0.15) is 0 Å². The van der Waals surface area contributed by atoms with Gasteiger partial charge < -0.3 is 9.67 Å². The van der Waals surface area contributed by atoms with E-state index in [1.807, 2.05) is 38.1 Å². The Morgan fingerprint density at radius 3 is 2.50 bits per heavy atom. The highest BCUT2D eigenvalue weighted by Gasteiger charge is 2.31. The number of hydrogen-bond donors (Lipinski definition) is 1. The van der Waals surface area contributed by atoms with Gasteiger partial charge in [-0.25, -0.2) is 9.79 Å². The van der Waals surface area contributed by atoms with Gasteiger partial charge in [-0.05, 0) is 86.1 Å². The number of aryl methyl sites for hydroxylation is 1. The molecule has 1 N–H and O–H groups in total. The molecular weight excluding hydrogens is 493 g/mol. The van der Waals surface area contributed by atoms with E-state index in [2.05, 4.69) is 9.56 Å². The van der Waals surface area contributed by atoms with Crippen molar-refractivity contribution in [1.29, 1.82) is 0 Å². The number of aromatic nitrogens is 1. The topological polar surface area (TPSA) is 74.9 Å². The van der Waals surface area contributed by atoms with E-state index in [9.17, 15) is 14.7 Å². The Labute approximate surface area is 211 Å². The fourth-order valence-corrected chi connectivity index (χ4v) is 5.09. The number of rotatable bonds is 4. The van der Waals surface area contributed by atoms with Crippen molar-refractivity contribution in [3.8, 4) is 5.69 Å². The van der Waals surface area contributed by atoms with Crippen LogP contribution >= 0.6 is 35.0 Å². The number of thioether (sulfide) groups is 1. The highest BCUT2D eigenvalue weighted by atomic mass is 35.5. The summed E-state index contributed by atoms with van der Waals surface area (Å²) in [5.41, 5.74) is 4.97. The van der Waals surface area contributed by atoms with Crippen LogP contribution in [0, 0.1) is 20.8 Å². The predicted octanol–water partition coefficient (Wildman–Crippen LogP) is 6.64. The molecule has 3 aromatic rings. The van der Waals surface area contributed by atoms with Crippen LogP contribution in [0.5, 0.6) is 0 Å². The maximum Gasteiger partial charge on any atom is 0.336 e. The molecule has 1 fully saturated rings. The molecule has 0 saturated carbocycles. The molecule has 34 heavy (non-hydrogen) atoms. The van der Waals surface area contributed by atoms with Crippen LogP contribution in [0.4, 0.5) is 5.69 Å². The zero-order valence-electron chi connectivity index (χ0n) is 18.9. The fourth-order valence-electron chi connectivity index (χ4n) is 3.83. The third-order valence-electron chi connectivity index (χ3n) is 5.67. The van der Waals surface area contributed by atoms with E-state index in [-0.39, 0.29) is 11.5 Å². The summed E-state index contributed by atoms with van der Waals surface area (Å²) in [6.45, 7) is 5.67. The zero-order valence-corrected chi connectivity index (χ0v) is 21.2. The highest BCUT2D eigenvalue weighted by Crippen LogP contribution is 2.36. The lowest BCUT2D eigenvalue weighted by Gasteiger charge is -2.10. The van der Waals surface area contributed by atoms with Gasteiger partial charge in [0.05, 0.1) is 26.2 Å². The van der Waals surface area contributed by atoms with Crippen LogP contribution < -0.4 is 0 Å². The van der Waals surface area contributed by atoms with E-state index in [0.717, 1.165) is 22.6 Å². The molecule has 1 saturated heterocycles. The number of aliphatic imine (C=N–C) groups is 1. The standard InChI is InChI=1S/C25H21Cl2N3O3S/c1-13-10-16(15(3)30(13)17-8-9-19(26)20(27)12-17)11-22-23(31)29(4)25(34-22)28-21-7-5-6-18(14(21)2)24(32)33/h5-12H,1-4H3,(H,32,33)/b22-11+,28-25?. The van der Waals surface area contributed by atoms with Crippen LogP contribution in [0.2, 0.25) is 10.0 Å². The Kier molecular flexibility index (Phi) is 6.62. The Morgan fingerprint density at radius 2 is 1.82 bits per heavy atom. The number of amidine groups is 1. The number of carboxylic acids is 1. The first-order valence-corrected chi connectivity index (χ1v) is 11.9. The summed E-state index contributed by atoms with van der Waals surface area (Å²) in [5, 5.41) is 10.8. The molecular formula is C25H21Cl2N3O3S. The van der Waals surface area contributed by atoms with E-state index in [1.54, 1.807) is 32.2 Å². The molecule has 0 aliphatic carbocycles. The van der Waals surface area contributed by atoms with E-state index < -0.39 is 5.97 Å². The van der Waals surface area contributed by atoms with E-state index in [4.69, 9.17) is 23.2 Å². The number of likely N-dealkylation sites (N-methyl/N-ethyl adjacent to an activating group) is 1. The van der Waals surface area contributed by atoms with Gasteiger partial charge >= 0.3 is 5.97 Å². The van der Waals surface area contributed by atoms with Crippen LogP contribution in [0.25, 0.3) is 11.8 Å². The second kappa shape index (κ2) is 9.33. The third-order valence-corrected chi connectivity index (χ3v) is 7.47. The molecule has 1 amide bonds. The van der Waals surface area contributed by atoms with E-state index in [0.29, 0.717) is 31.4 Å². The molecule has 9 heteroatoms. The predicted molar refractivity (Wildman–Crippen MR) is 139 cm³/mol. The number of aromatic carboxylic acids is 1. The van der Waals surface area contributed by atoms with Crippen LogP contribution in [0.1, 0.15) is 32.9 Å². The van der Waals surface area contributed by atoms with Crippen molar-refractivity contribution >= 4 is 63.8 Å². The van der Waals surface area contributed by atoms with Gasteiger partial charge in [0.2, 0.25) is 0 Å². The number of carbonyl (C=O) groups is 2. The summed E-state index contributed by atoms with van der Waals surface area (Å²) in [5.74, 6) is -1.18. The molecule has 1 aliphatic heterocycles. The molecule has 1 aromatic heterocycles. The van der Waals surface area contributed by atoms with Crippen LogP contribution in [-0.2, 0) is 4.79 Å². The maximum atomic E-state index is 12.9. The molecule has 2 heterocycles. The van der Waals surface area contributed by atoms with Gasteiger partial charge in [0.15, 0.2) is 5.17 Å². The van der Waals surface area contributed by atoms with Gasteiger partial charge in [-0.15, -0.1) is 0 Å². The fraction of sp³-hybridized carbons (Fsp3) is 0.160. The van der Waals surface area contributed by atoms with Gasteiger partial charge in [0.1, 0.15) is 0 Å². The molecule has 6 nitrogen and oxygen atoms in total. The first-order valence-electron chi connectivity index (χ1n) is 10.3. The first kappa shape index (κ1) is 24.1. The number of carbonyl (C=O) groups excluding carboxylic acids is 1. The van der Waals surface area contributed by atoms with E-state index in [1.165, 1.54) is 22.7 Å². The number of halogens is 2. The van der Waals surface area contributed by atoms with Gasteiger partial charge in [0.25, 0.3) is 5.91 Å². The summed E-state index contributed by atoms with van der Waals surface area (Å²) >= 11 is 13.5. The minimum atomic E-state index is -1.01. The van der Waals surface area contributed by atoms with Crippen molar-refractivity contribution < 1.29 is 14.7 Å². The van der Waals surface area contributed by atoms with Crippen molar-refractivity contribution in [1.82, 2.24) is 9.47 Å². The lowest BCUT2D eigenvalue weighted by Crippen LogP contribution is -2.23. The number of hydrogen-bond acceptors (Lipinski definition) is 4. The van der Waals surface area contributed by atoms with Crippen molar-refractivity contribution in [2.45, 2.75) is 20.8 Å². The van der Waals surface area contributed by atoms with Crippen molar-refractivity contribution in [3.63, 3.8) is 0 Å². The van der Waals surface area contributed by atoms with Gasteiger partial charge in [-0.3, -0.25) is 9.69 Å². The molecule has 0 atom stereocenters. The summed E-state index contributed by atoms with van der Waals surface area (Å²) < 4.78 is 2.05. The minimum absolute atomic E-state index is 0.171. The number of nitrogens with zero attached hydrogens (tertiary/aromatic N) is 3. The normalized spacial score (nSPS) is 16.2. The largest absolute Gasteiger partial charge is 0.478 e. The molecule has 1 aliphatic rings.